The van der Waals surface area contributed by atoms with Crippen molar-refractivity contribution < 1.29 is 4.39 Å². The van der Waals surface area contributed by atoms with Crippen molar-refractivity contribution >= 4 is 0 Å². The van der Waals surface area contributed by atoms with E-state index < -0.39 is 0 Å². The Labute approximate surface area is 78.0 Å². The maximum absolute atomic E-state index is 12.8. The minimum absolute atomic E-state index is 0.140. The van der Waals surface area contributed by atoms with Crippen LogP contribution in [-0.2, 0) is 0 Å². The number of benzene rings is 1. The van der Waals surface area contributed by atoms with Crippen molar-refractivity contribution in [1.82, 2.24) is 5.32 Å². The molecule has 1 aliphatic heterocycles. The van der Waals surface area contributed by atoms with E-state index in [1.54, 1.807) is 12.1 Å². The highest BCUT2D eigenvalue weighted by atomic mass is 19.1. The van der Waals surface area contributed by atoms with Gasteiger partial charge in [0.05, 0.1) is 0 Å². The van der Waals surface area contributed by atoms with Crippen molar-refractivity contribution in [1.29, 1.82) is 0 Å². The quantitative estimate of drug-likeness (QED) is 0.698. The van der Waals surface area contributed by atoms with Gasteiger partial charge in [0.25, 0.3) is 0 Å². The number of hydrogen-bond donors (Lipinski definition) is 1. The standard InChI is InChI=1S/C11H14FN/c1-8-7-9(12)4-5-10(8)11-3-2-6-13-11/h4-5,7,11,13H,2-3,6H2,1H3/t11-/m0/s1. The molecule has 1 heterocycles. The van der Waals surface area contributed by atoms with Crippen LogP contribution >= 0.6 is 0 Å². The summed E-state index contributed by atoms with van der Waals surface area (Å²) in [4.78, 5) is 0. The molecule has 1 aromatic carbocycles. The van der Waals surface area contributed by atoms with E-state index in [-0.39, 0.29) is 5.82 Å². The first kappa shape index (κ1) is 8.70. The van der Waals surface area contributed by atoms with Crippen LogP contribution in [0.25, 0.3) is 0 Å². The highest BCUT2D eigenvalue weighted by Gasteiger charge is 2.17. The van der Waals surface area contributed by atoms with Gasteiger partial charge in [-0.1, -0.05) is 6.07 Å². The topological polar surface area (TPSA) is 12.0 Å². The van der Waals surface area contributed by atoms with Crippen molar-refractivity contribution in [2.24, 2.45) is 0 Å². The first-order valence-electron chi connectivity index (χ1n) is 4.77. The molecule has 1 nitrogen and oxygen atoms in total. The van der Waals surface area contributed by atoms with Crippen LogP contribution < -0.4 is 5.32 Å². The molecule has 1 fully saturated rings. The minimum atomic E-state index is -0.140. The molecule has 0 bridgehead atoms. The molecule has 1 N–H and O–H groups in total. The Morgan fingerprint density at radius 3 is 2.92 bits per heavy atom. The Kier molecular flexibility index (Phi) is 2.32. The van der Waals surface area contributed by atoms with E-state index in [1.165, 1.54) is 18.4 Å². The zero-order valence-electron chi connectivity index (χ0n) is 7.81. The molecule has 2 heteroatoms. The van der Waals surface area contributed by atoms with Crippen LogP contribution in [0.15, 0.2) is 18.2 Å². The second-order valence-electron chi connectivity index (χ2n) is 3.65. The van der Waals surface area contributed by atoms with E-state index in [0.29, 0.717) is 6.04 Å². The van der Waals surface area contributed by atoms with Crippen LogP contribution in [0.2, 0.25) is 0 Å². The number of aryl methyl sites for hydroxylation is 1. The Bertz CT molecular complexity index is 303. The van der Waals surface area contributed by atoms with Gasteiger partial charge in [-0.3, -0.25) is 0 Å². The molecule has 1 saturated heterocycles. The van der Waals surface area contributed by atoms with Gasteiger partial charge in [-0.25, -0.2) is 4.39 Å². The van der Waals surface area contributed by atoms with Gasteiger partial charge < -0.3 is 5.32 Å². The highest BCUT2D eigenvalue weighted by Crippen LogP contribution is 2.25. The smallest absolute Gasteiger partial charge is 0.123 e. The van der Waals surface area contributed by atoms with Crippen molar-refractivity contribution in [3.05, 3.63) is 35.1 Å². The number of nitrogens with one attached hydrogen (secondary N) is 1. The molecule has 13 heavy (non-hydrogen) atoms. The molecular formula is C11H14FN. The lowest BCUT2D eigenvalue weighted by molar-refractivity contribution is 0.614. The number of rotatable bonds is 1. The summed E-state index contributed by atoms with van der Waals surface area (Å²) in [6.07, 6.45) is 2.40. The molecular weight excluding hydrogens is 165 g/mol. The van der Waals surface area contributed by atoms with Gasteiger partial charge in [0.2, 0.25) is 0 Å². The lowest BCUT2D eigenvalue weighted by Gasteiger charge is -2.13. The molecule has 0 spiro atoms. The molecule has 0 radical (unpaired) electrons. The van der Waals surface area contributed by atoms with Gasteiger partial charge in [0, 0.05) is 6.04 Å². The largest absolute Gasteiger partial charge is 0.310 e. The average Bonchev–Trinajstić information content (AvgIpc) is 2.56. The third-order valence-electron chi connectivity index (χ3n) is 2.67. The van der Waals surface area contributed by atoms with Crippen LogP contribution in [0.4, 0.5) is 4.39 Å². The minimum Gasteiger partial charge on any atom is -0.310 e. The summed E-state index contributed by atoms with van der Waals surface area (Å²) >= 11 is 0. The Hall–Kier alpha value is -0.890. The van der Waals surface area contributed by atoms with Gasteiger partial charge in [-0.05, 0) is 49.6 Å². The van der Waals surface area contributed by atoms with Gasteiger partial charge >= 0.3 is 0 Å². The average molecular weight is 179 g/mol. The van der Waals surface area contributed by atoms with Crippen LogP contribution in [0.1, 0.15) is 30.0 Å². The highest BCUT2D eigenvalue weighted by molar-refractivity contribution is 5.29. The number of hydrogen-bond acceptors (Lipinski definition) is 1. The molecule has 1 aromatic rings. The van der Waals surface area contributed by atoms with E-state index in [4.69, 9.17) is 0 Å². The Morgan fingerprint density at radius 2 is 2.31 bits per heavy atom. The summed E-state index contributed by atoms with van der Waals surface area (Å²) in [5.74, 6) is -0.140. The molecule has 1 aliphatic rings. The van der Waals surface area contributed by atoms with Crippen LogP contribution in [0, 0.1) is 12.7 Å². The van der Waals surface area contributed by atoms with Gasteiger partial charge in [-0.2, -0.15) is 0 Å². The normalized spacial score (nSPS) is 22.2. The van der Waals surface area contributed by atoms with E-state index in [2.05, 4.69) is 5.32 Å². The van der Waals surface area contributed by atoms with E-state index in [9.17, 15) is 4.39 Å². The van der Waals surface area contributed by atoms with Gasteiger partial charge in [-0.15, -0.1) is 0 Å². The molecule has 2 rings (SSSR count). The van der Waals surface area contributed by atoms with E-state index >= 15 is 0 Å². The van der Waals surface area contributed by atoms with Crippen molar-refractivity contribution in [2.75, 3.05) is 6.54 Å². The first-order valence-corrected chi connectivity index (χ1v) is 4.77. The van der Waals surface area contributed by atoms with E-state index in [0.717, 1.165) is 12.1 Å². The Balaban J connectivity index is 2.29. The zero-order chi connectivity index (χ0) is 9.26. The van der Waals surface area contributed by atoms with Crippen molar-refractivity contribution in [3.63, 3.8) is 0 Å². The van der Waals surface area contributed by atoms with Gasteiger partial charge in [0.15, 0.2) is 0 Å². The van der Waals surface area contributed by atoms with Gasteiger partial charge in [0.1, 0.15) is 5.82 Å². The fraction of sp³-hybridized carbons (Fsp3) is 0.455. The summed E-state index contributed by atoms with van der Waals surface area (Å²) < 4.78 is 12.8. The number of halogens is 1. The summed E-state index contributed by atoms with van der Waals surface area (Å²) in [5, 5.41) is 3.41. The maximum Gasteiger partial charge on any atom is 0.123 e. The third kappa shape index (κ3) is 1.73. The Morgan fingerprint density at radius 1 is 1.46 bits per heavy atom. The van der Waals surface area contributed by atoms with Crippen LogP contribution in [0.3, 0.4) is 0 Å². The molecule has 70 valence electrons. The summed E-state index contributed by atoms with van der Waals surface area (Å²) in [5.41, 5.74) is 2.30. The SMILES string of the molecule is Cc1cc(F)ccc1[C@@H]1CCCN1. The predicted molar refractivity (Wildman–Crippen MR) is 51.1 cm³/mol. The molecule has 0 amide bonds. The second-order valence-corrected chi connectivity index (χ2v) is 3.65. The fourth-order valence-corrected chi connectivity index (χ4v) is 1.98. The molecule has 0 unspecified atom stereocenters. The van der Waals surface area contributed by atoms with Crippen molar-refractivity contribution in [2.45, 2.75) is 25.8 Å². The predicted octanol–water partition coefficient (Wildman–Crippen LogP) is 2.56. The van der Waals surface area contributed by atoms with Crippen LogP contribution in [0.5, 0.6) is 0 Å². The molecule has 0 aromatic heterocycles. The summed E-state index contributed by atoms with van der Waals surface area (Å²) in [6, 6.07) is 5.49. The molecule has 1 atom stereocenters. The summed E-state index contributed by atoms with van der Waals surface area (Å²) in [7, 11) is 0. The van der Waals surface area contributed by atoms with Crippen molar-refractivity contribution in [3.8, 4) is 0 Å². The lowest BCUT2D eigenvalue weighted by Crippen LogP contribution is -2.13. The maximum atomic E-state index is 12.8. The molecule has 0 aliphatic carbocycles. The lowest BCUT2D eigenvalue weighted by atomic mass is 10.0. The third-order valence-corrected chi connectivity index (χ3v) is 2.67. The molecule has 0 saturated carbocycles. The first-order chi connectivity index (χ1) is 6.27. The van der Waals surface area contributed by atoms with Crippen LogP contribution in [-0.4, -0.2) is 6.54 Å². The monoisotopic (exact) mass is 179 g/mol. The van der Waals surface area contributed by atoms with E-state index in [1.807, 2.05) is 13.0 Å². The summed E-state index contributed by atoms with van der Waals surface area (Å²) in [6.45, 7) is 3.06. The fourth-order valence-electron chi connectivity index (χ4n) is 1.98. The zero-order valence-corrected chi connectivity index (χ0v) is 7.81. The second kappa shape index (κ2) is 3.46.